The summed E-state index contributed by atoms with van der Waals surface area (Å²) in [6.07, 6.45) is 3.51. The van der Waals surface area contributed by atoms with E-state index in [1.165, 1.54) is 5.56 Å². The van der Waals surface area contributed by atoms with Crippen molar-refractivity contribution in [2.24, 2.45) is 0 Å². The lowest BCUT2D eigenvalue weighted by Gasteiger charge is -2.08. The fourth-order valence-corrected chi connectivity index (χ4v) is 3.93. The smallest absolute Gasteiger partial charge is 0.192 e. The molecule has 0 radical (unpaired) electrons. The molecule has 2 heterocycles. The molecule has 0 aliphatic rings. The Morgan fingerprint density at radius 1 is 1.36 bits per heavy atom. The number of hydrogen-bond donors (Lipinski definition) is 0. The Kier molecular flexibility index (Phi) is 5.65. The van der Waals surface area contributed by atoms with Gasteiger partial charge in [0.2, 0.25) is 0 Å². The number of allylic oxidation sites excluding steroid dienone is 1. The molecule has 0 fully saturated rings. The molecule has 2 aromatic heterocycles. The lowest BCUT2D eigenvalue weighted by atomic mass is 10.2. The van der Waals surface area contributed by atoms with Crippen molar-refractivity contribution < 1.29 is 9.15 Å². The number of aryl methyl sites for hydroxylation is 1. The van der Waals surface area contributed by atoms with Gasteiger partial charge in [-0.15, -0.1) is 16.8 Å². The summed E-state index contributed by atoms with van der Waals surface area (Å²) in [4.78, 5) is 0. The van der Waals surface area contributed by atoms with Crippen LogP contribution in [0.1, 0.15) is 11.3 Å². The van der Waals surface area contributed by atoms with Crippen molar-refractivity contribution in [2.75, 3.05) is 7.11 Å². The van der Waals surface area contributed by atoms with Crippen LogP contribution in [0.2, 0.25) is 0 Å². The highest BCUT2D eigenvalue weighted by Gasteiger charge is 2.16. The van der Waals surface area contributed by atoms with E-state index in [2.05, 4.69) is 38.8 Å². The molecular weight excluding hydrogens is 402 g/mol. The zero-order valence-corrected chi connectivity index (χ0v) is 16.4. The monoisotopic (exact) mass is 419 g/mol. The molecule has 3 aromatic rings. The number of thioether (sulfide) groups is 1. The number of nitrogens with zero attached hydrogens (tertiary/aromatic N) is 3. The highest BCUT2D eigenvalue weighted by atomic mass is 79.9. The van der Waals surface area contributed by atoms with Gasteiger partial charge in [0, 0.05) is 12.3 Å². The van der Waals surface area contributed by atoms with E-state index in [1.54, 1.807) is 25.1 Å². The maximum absolute atomic E-state index is 5.39. The summed E-state index contributed by atoms with van der Waals surface area (Å²) >= 11 is 5.16. The fourth-order valence-electron chi connectivity index (χ4n) is 2.45. The van der Waals surface area contributed by atoms with E-state index < -0.39 is 0 Å². The second kappa shape index (κ2) is 7.93. The van der Waals surface area contributed by atoms with Crippen LogP contribution in [0.4, 0.5) is 0 Å². The van der Waals surface area contributed by atoms with Crippen LogP contribution in [0, 0.1) is 6.92 Å². The molecule has 0 atom stereocenters. The zero-order chi connectivity index (χ0) is 17.8. The summed E-state index contributed by atoms with van der Waals surface area (Å²) in [6.45, 7) is 6.40. The van der Waals surface area contributed by atoms with Gasteiger partial charge >= 0.3 is 0 Å². The van der Waals surface area contributed by atoms with Gasteiger partial charge in [0.25, 0.3) is 0 Å². The van der Waals surface area contributed by atoms with Gasteiger partial charge in [-0.25, -0.2) is 0 Å². The first-order chi connectivity index (χ1) is 12.1. The quantitative estimate of drug-likeness (QED) is 0.393. The maximum Gasteiger partial charge on any atom is 0.192 e. The molecule has 25 heavy (non-hydrogen) atoms. The van der Waals surface area contributed by atoms with E-state index in [9.17, 15) is 0 Å². The minimum Gasteiger partial charge on any atom is -0.496 e. The van der Waals surface area contributed by atoms with Gasteiger partial charge in [0.1, 0.15) is 11.5 Å². The summed E-state index contributed by atoms with van der Waals surface area (Å²) in [5.74, 6) is 3.22. The minimum atomic E-state index is 0.640. The molecule has 0 bridgehead atoms. The van der Waals surface area contributed by atoms with Gasteiger partial charge in [-0.3, -0.25) is 4.57 Å². The van der Waals surface area contributed by atoms with Crippen molar-refractivity contribution in [3.05, 3.63) is 59.0 Å². The van der Waals surface area contributed by atoms with Crippen LogP contribution in [0.3, 0.4) is 0 Å². The number of rotatable bonds is 7. The number of methoxy groups -OCH3 is 1. The summed E-state index contributed by atoms with van der Waals surface area (Å²) in [6, 6.07) is 7.97. The first kappa shape index (κ1) is 17.8. The summed E-state index contributed by atoms with van der Waals surface area (Å²) in [5.41, 5.74) is 2.13. The molecule has 130 valence electrons. The lowest BCUT2D eigenvalue weighted by molar-refractivity contribution is 0.412. The summed E-state index contributed by atoms with van der Waals surface area (Å²) in [5, 5.41) is 9.55. The van der Waals surface area contributed by atoms with Gasteiger partial charge in [-0.1, -0.05) is 23.9 Å². The highest BCUT2D eigenvalue weighted by molar-refractivity contribution is 9.10. The zero-order valence-electron chi connectivity index (χ0n) is 14.0. The topological polar surface area (TPSA) is 53.1 Å². The second-order valence-electron chi connectivity index (χ2n) is 5.35. The number of furan rings is 1. The molecule has 0 saturated heterocycles. The van der Waals surface area contributed by atoms with Crippen molar-refractivity contribution in [3.8, 4) is 17.1 Å². The van der Waals surface area contributed by atoms with Crippen LogP contribution in [-0.4, -0.2) is 21.9 Å². The van der Waals surface area contributed by atoms with Crippen LogP contribution < -0.4 is 4.74 Å². The van der Waals surface area contributed by atoms with Gasteiger partial charge in [0.15, 0.2) is 11.0 Å². The lowest BCUT2D eigenvalue weighted by Crippen LogP contribution is -2.00. The number of ether oxygens (including phenoxy) is 1. The Balaban J connectivity index is 1.83. The number of aromatic nitrogens is 3. The van der Waals surface area contributed by atoms with Crippen molar-refractivity contribution in [1.82, 2.24) is 14.8 Å². The fraction of sp³-hybridized carbons (Fsp3) is 0.222. The van der Waals surface area contributed by atoms with Crippen molar-refractivity contribution >= 4 is 27.7 Å². The molecule has 0 aliphatic carbocycles. The molecule has 0 unspecified atom stereocenters. The van der Waals surface area contributed by atoms with E-state index in [0.29, 0.717) is 6.54 Å². The first-order valence-electron chi connectivity index (χ1n) is 7.67. The third-order valence-electron chi connectivity index (χ3n) is 3.71. The van der Waals surface area contributed by atoms with E-state index in [1.807, 2.05) is 35.8 Å². The molecule has 5 nitrogen and oxygen atoms in total. The largest absolute Gasteiger partial charge is 0.496 e. The van der Waals surface area contributed by atoms with Gasteiger partial charge in [-0.2, -0.15) is 0 Å². The average Bonchev–Trinajstić information content (AvgIpc) is 3.19. The number of hydrogen-bond acceptors (Lipinski definition) is 5. The average molecular weight is 420 g/mol. The highest BCUT2D eigenvalue weighted by Crippen LogP contribution is 2.31. The number of halogens is 1. The third-order valence-corrected chi connectivity index (χ3v) is 5.37. The summed E-state index contributed by atoms with van der Waals surface area (Å²) in [7, 11) is 1.66. The van der Waals surface area contributed by atoms with E-state index in [4.69, 9.17) is 9.15 Å². The van der Waals surface area contributed by atoms with E-state index in [-0.39, 0.29) is 0 Å². The van der Waals surface area contributed by atoms with Crippen LogP contribution in [-0.2, 0) is 12.3 Å². The normalized spacial score (nSPS) is 10.8. The van der Waals surface area contributed by atoms with Gasteiger partial charge in [-0.05, 0) is 46.6 Å². The standard InChI is InChI=1S/C18H18BrN3O2S/c1-4-8-22-17(14-7-9-24-12(14)2)20-21-18(22)25-11-13-5-6-16(23-3)15(19)10-13/h4-7,9-10H,1,8,11H2,2-3H3. The molecule has 0 amide bonds. The Bertz CT molecular complexity index is 888. The Morgan fingerprint density at radius 3 is 2.84 bits per heavy atom. The van der Waals surface area contributed by atoms with E-state index in [0.717, 1.165) is 38.3 Å². The minimum absolute atomic E-state index is 0.640. The second-order valence-corrected chi connectivity index (χ2v) is 7.15. The molecule has 0 N–H and O–H groups in total. The van der Waals surface area contributed by atoms with Crippen LogP contribution >= 0.6 is 27.7 Å². The van der Waals surface area contributed by atoms with Crippen molar-refractivity contribution in [1.29, 1.82) is 0 Å². The molecule has 0 spiro atoms. The Labute approximate surface area is 159 Å². The van der Waals surface area contributed by atoms with Gasteiger partial charge < -0.3 is 9.15 Å². The first-order valence-corrected chi connectivity index (χ1v) is 9.45. The van der Waals surface area contributed by atoms with Crippen LogP contribution in [0.25, 0.3) is 11.4 Å². The van der Waals surface area contributed by atoms with Crippen molar-refractivity contribution in [2.45, 2.75) is 24.4 Å². The van der Waals surface area contributed by atoms with Crippen LogP contribution in [0.15, 0.2) is 57.2 Å². The predicted octanol–water partition coefficient (Wildman–Crippen LogP) is 5.10. The Morgan fingerprint density at radius 2 is 2.20 bits per heavy atom. The molecule has 7 heteroatoms. The molecule has 3 rings (SSSR count). The maximum atomic E-state index is 5.39. The molecule has 0 saturated carbocycles. The number of benzene rings is 1. The predicted molar refractivity (Wildman–Crippen MR) is 103 cm³/mol. The Hall–Kier alpha value is -1.99. The molecule has 0 aliphatic heterocycles. The summed E-state index contributed by atoms with van der Waals surface area (Å²) < 4.78 is 13.7. The van der Waals surface area contributed by atoms with Gasteiger partial charge in [0.05, 0.1) is 23.4 Å². The SMILES string of the molecule is C=CCn1c(SCc2ccc(OC)c(Br)c2)nnc1-c1ccoc1C. The van der Waals surface area contributed by atoms with E-state index >= 15 is 0 Å². The molecular formula is C18H18BrN3O2S. The molecule has 1 aromatic carbocycles. The van der Waals surface area contributed by atoms with Crippen LogP contribution in [0.5, 0.6) is 5.75 Å². The third kappa shape index (κ3) is 3.82. The van der Waals surface area contributed by atoms with Crippen molar-refractivity contribution in [3.63, 3.8) is 0 Å².